The molecular formula is C18H46. The SMILES string of the molecule is C.C.C.C.C.C=C(C)C(C)CC.C=CC(C)CC. The third kappa shape index (κ3) is 36.1. The summed E-state index contributed by atoms with van der Waals surface area (Å²) in [6.45, 7) is 18.2. The van der Waals surface area contributed by atoms with Gasteiger partial charge in [0.15, 0.2) is 0 Å². The standard InChI is InChI=1S/C7H14.C6H12.5CH4/c1-5-7(4)6(2)3;1-4-6(3)5-2;;;;;/h7H,2,5H2,1,3-4H3;4,6H,1,5H2,2-3H3;5*1H4. The van der Waals surface area contributed by atoms with Crippen molar-refractivity contribution < 1.29 is 0 Å². The van der Waals surface area contributed by atoms with Gasteiger partial charge in [-0.1, -0.05) is 89.5 Å². The van der Waals surface area contributed by atoms with Crippen molar-refractivity contribution in [2.24, 2.45) is 11.8 Å². The molecule has 2 atom stereocenters. The van der Waals surface area contributed by atoms with Crippen LogP contribution in [-0.2, 0) is 0 Å². The van der Waals surface area contributed by atoms with E-state index in [-0.39, 0.29) is 37.1 Å². The number of hydrogen-bond donors (Lipinski definition) is 0. The fourth-order valence-electron chi connectivity index (χ4n) is 0.515. The molecule has 118 valence electrons. The highest BCUT2D eigenvalue weighted by Crippen LogP contribution is 2.09. The fraction of sp³-hybridized carbons (Fsp3) is 0.778. The van der Waals surface area contributed by atoms with Crippen molar-refractivity contribution in [3.63, 3.8) is 0 Å². The lowest BCUT2D eigenvalue weighted by Gasteiger charge is -2.04. The minimum atomic E-state index is 0. The molecule has 0 aromatic rings. The molecule has 0 spiro atoms. The summed E-state index contributed by atoms with van der Waals surface area (Å²) in [5.74, 6) is 1.41. The van der Waals surface area contributed by atoms with Crippen molar-refractivity contribution in [1.82, 2.24) is 0 Å². The minimum Gasteiger partial charge on any atom is -0.103 e. The first kappa shape index (κ1) is 43.2. The topological polar surface area (TPSA) is 0 Å². The van der Waals surface area contributed by atoms with Crippen molar-refractivity contribution >= 4 is 0 Å². The summed E-state index contributed by atoms with van der Waals surface area (Å²) in [5, 5.41) is 0. The van der Waals surface area contributed by atoms with Crippen LogP contribution in [0.5, 0.6) is 0 Å². The predicted molar refractivity (Wildman–Crippen MR) is 97.6 cm³/mol. The van der Waals surface area contributed by atoms with Gasteiger partial charge in [0.1, 0.15) is 0 Å². The normalized spacial score (nSPS) is 9.83. The van der Waals surface area contributed by atoms with Crippen molar-refractivity contribution in [3.8, 4) is 0 Å². The highest BCUT2D eigenvalue weighted by molar-refractivity contribution is 4.92. The van der Waals surface area contributed by atoms with Crippen LogP contribution in [0, 0.1) is 11.8 Å². The van der Waals surface area contributed by atoms with Crippen LogP contribution in [0.2, 0.25) is 0 Å². The van der Waals surface area contributed by atoms with Crippen molar-refractivity contribution in [3.05, 3.63) is 24.8 Å². The molecule has 0 saturated heterocycles. The van der Waals surface area contributed by atoms with Crippen LogP contribution in [0.4, 0.5) is 0 Å². The van der Waals surface area contributed by atoms with Gasteiger partial charge in [0.25, 0.3) is 0 Å². The summed E-state index contributed by atoms with van der Waals surface area (Å²) < 4.78 is 0. The van der Waals surface area contributed by atoms with E-state index < -0.39 is 0 Å². The molecule has 0 bridgehead atoms. The van der Waals surface area contributed by atoms with E-state index in [1.54, 1.807) is 0 Å². The maximum atomic E-state index is 3.83. The summed E-state index contributed by atoms with van der Waals surface area (Å²) in [6.07, 6.45) is 4.40. The molecule has 0 heterocycles. The Balaban J connectivity index is -0.0000000212. The van der Waals surface area contributed by atoms with Crippen LogP contribution in [-0.4, -0.2) is 0 Å². The van der Waals surface area contributed by atoms with Gasteiger partial charge < -0.3 is 0 Å². The Morgan fingerprint density at radius 1 is 0.944 bits per heavy atom. The Morgan fingerprint density at radius 3 is 1.28 bits per heavy atom. The summed E-state index contributed by atoms with van der Waals surface area (Å²) >= 11 is 0. The van der Waals surface area contributed by atoms with Crippen molar-refractivity contribution in [2.75, 3.05) is 0 Å². The monoisotopic (exact) mass is 262 g/mol. The summed E-state index contributed by atoms with van der Waals surface area (Å²) in [7, 11) is 0. The molecule has 0 heteroatoms. The molecule has 0 aromatic heterocycles. The predicted octanol–water partition coefficient (Wildman–Crippen LogP) is 8.01. The number of allylic oxidation sites excluding steroid dienone is 2. The maximum absolute atomic E-state index is 3.83. The quantitative estimate of drug-likeness (QED) is 0.450. The Labute approximate surface area is 122 Å². The first-order valence-corrected chi connectivity index (χ1v) is 5.27. The molecular weight excluding hydrogens is 216 g/mol. The smallest absolute Gasteiger partial charge is 0.0240 e. The van der Waals surface area contributed by atoms with Crippen LogP contribution in [0.3, 0.4) is 0 Å². The lowest BCUT2D eigenvalue weighted by Crippen LogP contribution is -1.89. The van der Waals surface area contributed by atoms with E-state index in [1.165, 1.54) is 18.4 Å². The highest BCUT2D eigenvalue weighted by atomic mass is 14.0. The molecule has 0 aliphatic rings. The zero-order valence-corrected chi connectivity index (χ0v) is 10.1. The van der Waals surface area contributed by atoms with E-state index in [0.717, 1.165) is 0 Å². The average Bonchev–Trinajstić information content (AvgIpc) is 2.16. The van der Waals surface area contributed by atoms with E-state index in [2.05, 4.69) is 47.8 Å². The molecule has 0 nitrogen and oxygen atoms in total. The third-order valence-corrected chi connectivity index (χ3v) is 2.50. The second-order valence-electron chi connectivity index (χ2n) is 3.78. The largest absolute Gasteiger partial charge is 0.103 e. The van der Waals surface area contributed by atoms with Crippen LogP contribution >= 0.6 is 0 Å². The van der Waals surface area contributed by atoms with E-state index in [4.69, 9.17) is 0 Å². The fourth-order valence-corrected chi connectivity index (χ4v) is 0.515. The molecule has 0 rings (SSSR count). The van der Waals surface area contributed by atoms with Gasteiger partial charge in [-0.3, -0.25) is 0 Å². The number of hydrogen-bond acceptors (Lipinski definition) is 0. The Hall–Kier alpha value is -0.520. The lowest BCUT2D eigenvalue weighted by atomic mass is 10.0. The van der Waals surface area contributed by atoms with Gasteiger partial charge in [0.2, 0.25) is 0 Å². The Bertz CT molecular complexity index is 133. The van der Waals surface area contributed by atoms with Gasteiger partial charge in [-0.05, 0) is 25.2 Å². The maximum Gasteiger partial charge on any atom is -0.0240 e. The summed E-state index contributed by atoms with van der Waals surface area (Å²) in [6, 6.07) is 0. The van der Waals surface area contributed by atoms with Crippen LogP contribution in [0.25, 0.3) is 0 Å². The van der Waals surface area contributed by atoms with E-state index >= 15 is 0 Å². The van der Waals surface area contributed by atoms with Gasteiger partial charge in [-0.15, -0.1) is 6.58 Å². The molecule has 0 radical (unpaired) electrons. The third-order valence-electron chi connectivity index (χ3n) is 2.50. The highest BCUT2D eigenvalue weighted by Gasteiger charge is 1.94. The van der Waals surface area contributed by atoms with Crippen LogP contribution in [0.15, 0.2) is 24.8 Å². The molecule has 0 fully saturated rings. The molecule has 0 saturated carbocycles. The van der Waals surface area contributed by atoms with Gasteiger partial charge in [0, 0.05) is 0 Å². The zero-order chi connectivity index (χ0) is 10.9. The second kappa shape index (κ2) is 30.0. The molecule has 0 N–H and O–H groups in total. The Morgan fingerprint density at radius 2 is 1.28 bits per heavy atom. The summed E-state index contributed by atoms with van der Waals surface area (Å²) in [4.78, 5) is 0. The first-order valence-electron chi connectivity index (χ1n) is 5.27. The minimum absolute atomic E-state index is 0. The molecule has 0 aromatic carbocycles. The van der Waals surface area contributed by atoms with Gasteiger partial charge in [0.05, 0.1) is 0 Å². The van der Waals surface area contributed by atoms with E-state index in [9.17, 15) is 0 Å². The average molecular weight is 263 g/mol. The molecule has 0 aliphatic carbocycles. The summed E-state index contributed by atoms with van der Waals surface area (Å²) in [5.41, 5.74) is 1.29. The zero-order valence-electron chi connectivity index (χ0n) is 10.1. The molecule has 18 heavy (non-hydrogen) atoms. The molecule has 2 unspecified atom stereocenters. The van der Waals surface area contributed by atoms with Gasteiger partial charge >= 0.3 is 0 Å². The van der Waals surface area contributed by atoms with Crippen molar-refractivity contribution in [1.29, 1.82) is 0 Å². The van der Waals surface area contributed by atoms with E-state index in [1.807, 2.05) is 6.08 Å². The van der Waals surface area contributed by atoms with Crippen molar-refractivity contribution in [2.45, 2.75) is 84.6 Å². The van der Waals surface area contributed by atoms with Crippen LogP contribution in [0.1, 0.15) is 84.6 Å². The van der Waals surface area contributed by atoms with Gasteiger partial charge in [-0.25, -0.2) is 0 Å². The Kier molecular flexibility index (Phi) is 72.0. The number of rotatable bonds is 4. The lowest BCUT2D eigenvalue weighted by molar-refractivity contribution is 0.658. The van der Waals surface area contributed by atoms with E-state index in [0.29, 0.717) is 11.8 Å². The molecule has 0 amide bonds. The van der Waals surface area contributed by atoms with Gasteiger partial charge in [-0.2, -0.15) is 0 Å². The molecule has 0 aliphatic heterocycles. The van der Waals surface area contributed by atoms with Crippen LogP contribution < -0.4 is 0 Å². The second-order valence-corrected chi connectivity index (χ2v) is 3.78. The first-order chi connectivity index (χ1) is 5.99.